The minimum absolute atomic E-state index is 0.209. The first kappa shape index (κ1) is 13.9. The Morgan fingerprint density at radius 1 is 1.05 bits per heavy atom. The fraction of sp³-hybridized carbons (Fsp3) is 0.0667. The van der Waals surface area contributed by atoms with Crippen LogP contribution >= 0.6 is 0 Å². The van der Waals surface area contributed by atoms with Gasteiger partial charge in [-0.3, -0.25) is 0 Å². The van der Waals surface area contributed by atoms with Crippen molar-refractivity contribution in [3.8, 4) is 23.3 Å². The zero-order valence-electron chi connectivity index (χ0n) is 11.5. The summed E-state index contributed by atoms with van der Waals surface area (Å²) in [5.74, 6) is -0.0240. The highest BCUT2D eigenvalue weighted by atomic mass is 19.1. The van der Waals surface area contributed by atoms with E-state index in [-0.39, 0.29) is 6.08 Å². The summed E-state index contributed by atoms with van der Waals surface area (Å²) >= 11 is 0. The maximum absolute atomic E-state index is 12.9. The number of hydrogen-bond donors (Lipinski definition) is 0. The van der Waals surface area contributed by atoms with E-state index in [1.54, 1.807) is 31.4 Å². The van der Waals surface area contributed by atoms with Crippen molar-refractivity contribution in [3.63, 3.8) is 0 Å². The lowest BCUT2D eigenvalue weighted by Gasteiger charge is -2.01. The molecule has 0 amide bonds. The van der Waals surface area contributed by atoms with Crippen molar-refractivity contribution in [2.75, 3.05) is 7.11 Å². The number of benzene rings is 2. The third kappa shape index (κ3) is 2.83. The highest BCUT2D eigenvalue weighted by Crippen LogP contribution is 2.22. The quantitative estimate of drug-likeness (QED) is 0.741. The number of methoxy groups -OCH3 is 1. The Hall–Kier alpha value is -3.09. The van der Waals surface area contributed by atoms with Crippen molar-refractivity contribution >= 4 is 0 Å². The number of aromatic nitrogens is 2. The molecule has 0 N–H and O–H groups in total. The standard InChI is InChI=1S/C15H11FN2O4/c1-20-12-6-8-13(9-7-12)21-14-17-18(15(19)22-14)11-4-2-10(16)3-5-11/h2-9H,1H3. The molecule has 6 nitrogen and oxygen atoms in total. The summed E-state index contributed by atoms with van der Waals surface area (Å²) in [7, 11) is 1.55. The van der Waals surface area contributed by atoms with Crippen LogP contribution in [0.15, 0.2) is 57.7 Å². The minimum atomic E-state index is -0.727. The first-order valence-corrected chi connectivity index (χ1v) is 6.34. The summed E-state index contributed by atoms with van der Waals surface area (Å²) in [4.78, 5) is 11.8. The van der Waals surface area contributed by atoms with Crippen LogP contribution in [0.25, 0.3) is 5.69 Å². The Labute approximate surface area is 124 Å². The topological polar surface area (TPSA) is 66.5 Å². The second-order valence-electron chi connectivity index (χ2n) is 4.30. The van der Waals surface area contributed by atoms with Crippen molar-refractivity contribution in [1.29, 1.82) is 0 Å². The van der Waals surface area contributed by atoms with Crippen molar-refractivity contribution < 1.29 is 18.3 Å². The predicted octanol–water partition coefficient (Wildman–Crippen LogP) is 2.77. The molecule has 0 atom stereocenters. The van der Waals surface area contributed by atoms with Gasteiger partial charge in [-0.2, -0.15) is 4.68 Å². The fourth-order valence-electron chi connectivity index (χ4n) is 1.79. The van der Waals surface area contributed by atoms with Gasteiger partial charge < -0.3 is 13.9 Å². The van der Waals surface area contributed by atoms with Crippen molar-refractivity contribution in [2.45, 2.75) is 0 Å². The Kier molecular flexibility index (Phi) is 3.61. The van der Waals surface area contributed by atoms with E-state index in [9.17, 15) is 9.18 Å². The van der Waals surface area contributed by atoms with Gasteiger partial charge in [-0.15, -0.1) is 0 Å². The first-order valence-electron chi connectivity index (χ1n) is 6.34. The molecule has 0 spiro atoms. The minimum Gasteiger partial charge on any atom is -0.497 e. The van der Waals surface area contributed by atoms with Crippen molar-refractivity contribution in [3.05, 3.63) is 64.9 Å². The van der Waals surface area contributed by atoms with Crippen molar-refractivity contribution in [1.82, 2.24) is 9.78 Å². The van der Waals surface area contributed by atoms with Gasteiger partial charge in [0, 0.05) is 0 Å². The summed E-state index contributed by atoms with van der Waals surface area (Å²) in [6.07, 6.45) is -0.209. The van der Waals surface area contributed by atoms with Crippen molar-refractivity contribution in [2.24, 2.45) is 0 Å². The van der Waals surface area contributed by atoms with Gasteiger partial charge in [-0.25, -0.2) is 9.18 Å². The van der Waals surface area contributed by atoms with E-state index >= 15 is 0 Å². The molecular weight excluding hydrogens is 291 g/mol. The van der Waals surface area contributed by atoms with Crippen LogP contribution in [0.3, 0.4) is 0 Å². The zero-order valence-corrected chi connectivity index (χ0v) is 11.5. The van der Waals surface area contributed by atoms with Crippen LogP contribution < -0.4 is 15.2 Å². The number of rotatable bonds is 4. The summed E-state index contributed by atoms with van der Waals surface area (Å²) < 4.78 is 29.2. The van der Waals surface area contributed by atoms with Gasteiger partial charge in [-0.1, -0.05) is 5.10 Å². The lowest BCUT2D eigenvalue weighted by atomic mass is 10.3. The fourth-order valence-corrected chi connectivity index (χ4v) is 1.79. The second-order valence-corrected chi connectivity index (χ2v) is 4.30. The number of nitrogens with zero attached hydrogens (tertiary/aromatic N) is 2. The zero-order chi connectivity index (χ0) is 15.5. The van der Waals surface area contributed by atoms with Crippen LogP contribution in [-0.4, -0.2) is 16.9 Å². The number of hydrogen-bond acceptors (Lipinski definition) is 5. The molecule has 0 bridgehead atoms. The Balaban J connectivity index is 1.85. The number of ether oxygens (including phenoxy) is 2. The van der Waals surface area contributed by atoms with Gasteiger partial charge in [0.2, 0.25) is 0 Å². The summed E-state index contributed by atoms with van der Waals surface area (Å²) in [5.41, 5.74) is 0.375. The molecule has 0 saturated carbocycles. The second kappa shape index (κ2) is 5.72. The predicted molar refractivity (Wildman–Crippen MR) is 75.1 cm³/mol. The van der Waals surface area contributed by atoms with Gasteiger partial charge >= 0.3 is 11.8 Å². The largest absolute Gasteiger partial charge is 0.497 e. The SMILES string of the molecule is COc1ccc(Oc2nn(-c3ccc(F)cc3)c(=O)o2)cc1. The molecule has 1 heterocycles. The lowest BCUT2D eigenvalue weighted by molar-refractivity contribution is 0.319. The molecule has 2 aromatic carbocycles. The Morgan fingerprint density at radius 3 is 2.32 bits per heavy atom. The smallest absolute Gasteiger partial charge is 0.444 e. The first-order chi connectivity index (χ1) is 10.7. The average molecular weight is 302 g/mol. The summed E-state index contributed by atoms with van der Waals surface area (Å²) in [6.45, 7) is 0. The summed E-state index contributed by atoms with van der Waals surface area (Å²) in [6, 6.07) is 12.0. The van der Waals surface area contributed by atoms with Crippen LogP contribution in [0.5, 0.6) is 17.6 Å². The van der Waals surface area contributed by atoms with Gasteiger partial charge in [0.1, 0.15) is 17.3 Å². The molecule has 0 radical (unpaired) electrons. The van der Waals surface area contributed by atoms with Gasteiger partial charge in [-0.05, 0) is 48.5 Å². The molecule has 3 rings (SSSR count). The Morgan fingerprint density at radius 2 is 1.68 bits per heavy atom. The monoisotopic (exact) mass is 302 g/mol. The number of halogens is 1. The van der Waals surface area contributed by atoms with E-state index in [0.717, 1.165) is 4.68 Å². The average Bonchev–Trinajstić information content (AvgIpc) is 2.89. The highest BCUT2D eigenvalue weighted by molar-refractivity contribution is 5.33. The maximum atomic E-state index is 12.9. The molecule has 0 saturated heterocycles. The van der Waals surface area contributed by atoms with Gasteiger partial charge in [0.15, 0.2) is 0 Å². The van der Waals surface area contributed by atoms with Crippen LogP contribution in [0.4, 0.5) is 4.39 Å². The van der Waals surface area contributed by atoms with E-state index in [1.165, 1.54) is 24.3 Å². The van der Waals surface area contributed by atoms with Crippen LogP contribution in [0.2, 0.25) is 0 Å². The molecule has 3 aromatic rings. The molecule has 0 aliphatic rings. The third-order valence-corrected chi connectivity index (χ3v) is 2.86. The van der Waals surface area contributed by atoms with E-state index in [1.807, 2.05) is 0 Å². The molecular formula is C15H11FN2O4. The highest BCUT2D eigenvalue weighted by Gasteiger charge is 2.12. The van der Waals surface area contributed by atoms with E-state index in [2.05, 4.69) is 5.10 Å². The van der Waals surface area contributed by atoms with Gasteiger partial charge in [0.25, 0.3) is 0 Å². The molecule has 0 unspecified atom stereocenters. The van der Waals surface area contributed by atoms with E-state index < -0.39 is 11.6 Å². The van der Waals surface area contributed by atoms with Crippen LogP contribution in [0.1, 0.15) is 0 Å². The molecule has 112 valence electrons. The molecule has 0 aliphatic carbocycles. The van der Waals surface area contributed by atoms with E-state index in [4.69, 9.17) is 13.9 Å². The van der Waals surface area contributed by atoms with Crippen LogP contribution in [0, 0.1) is 5.82 Å². The normalized spacial score (nSPS) is 10.5. The Bertz CT molecular complexity index is 822. The molecule has 7 heteroatoms. The summed E-state index contributed by atoms with van der Waals surface area (Å²) in [5, 5.41) is 3.91. The molecule has 0 fully saturated rings. The molecule has 0 aliphatic heterocycles. The molecule has 1 aromatic heterocycles. The third-order valence-electron chi connectivity index (χ3n) is 2.86. The van der Waals surface area contributed by atoms with Gasteiger partial charge in [0.05, 0.1) is 12.8 Å². The van der Waals surface area contributed by atoms with E-state index in [0.29, 0.717) is 17.2 Å². The maximum Gasteiger partial charge on any atom is 0.444 e. The van der Waals surface area contributed by atoms with Crippen LogP contribution in [-0.2, 0) is 0 Å². The lowest BCUT2D eigenvalue weighted by Crippen LogP contribution is -2.13. The molecule has 22 heavy (non-hydrogen) atoms.